The third-order valence-corrected chi connectivity index (χ3v) is 3.41. The third-order valence-electron chi connectivity index (χ3n) is 3.17. The van der Waals surface area contributed by atoms with Gasteiger partial charge >= 0.3 is 0 Å². The van der Waals surface area contributed by atoms with Crippen LogP contribution in [0.1, 0.15) is 11.1 Å². The molecule has 0 heterocycles. The Bertz CT molecular complexity index is 677. The lowest BCUT2D eigenvalue weighted by molar-refractivity contribution is -0.383. The van der Waals surface area contributed by atoms with E-state index in [1.165, 1.54) is 18.2 Å². The van der Waals surface area contributed by atoms with Crippen LogP contribution >= 0.6 is 11.6 Å². The number of hydrogen-bond acceptors (Lipinski definition) is 3. The summed E-state index contributed by atoms with van der Waals surface area (Å²) < 4.78 is 13.0. The van der Waals surface area contributed by atoms with Gasteiger partial charge in [-0.3, -0.25) is 10.1 Å². The molecule has 2 rings (SSSR count). The molecule has 6 heteroatoms. The predicted molar refractivity (Wildman–Crippen MR) is 81.4 cm³/mol. The number of nitro groups is 1. The summed E-state index contributed by atoms with van der Waals surface area (Å²) in [7, 11) is 0. The molecular weight excluding hydrogens is 295 g/mol. The van der Waals surface area contributed by atoms with Crippen molar-refractivity contribution < 1.29 is 9.31 Å². The first-order valence-corrected chi connectivity index (χ1v) is 6.78. The molecule has 0 atom stereocenters. The maximum atomic E-state index is 13.0. The molecular formula is C15H14ClFN2O2. The topological polar surface area (TPSA) is 55.2 Å². The van der Waals surface area contributed by atoms with E-state index in [0.29, 0.717) is 23.7 Å². The molecule has 0 aromatic heterocycles. The van der Waals surface area contributed by atoms with Gasteiger partial charge in [0.1, 0.15) is 11.5 Å². The fourth-order valence-electron chi connectivity index (χ4n) is 2.08. The molecule has 0 aliphatic carbocycles. The minimum absolute atomic E-state index is 0.0571. The molecule has 2 aromatic carbocycles. The lowest BCUT2D eigenvalue weighted by Crippen LogP contribution is -2.07. The van der Waals surface area contributed by atoms with Gasteiger partial charge in [0.25, 0.3) is 5.69 Å². The van der Waals surface area contributed by atoms with Gasteiger partial charge < -0.3 is 5.32 Å². The van der Waals surface area contributed by atoms with E-state index in [1.54, 1.807) is 18.2 Å². The Morgan fingerprint density at radius 2 is 2.05 bits per heavy atom. The molecule has 0 unspecified atom stereocenters. The highest BCUT2D eigenvalue weighted by atomic mass is 35.5. The van der Waals surface area contributed by atoms with Gasteiger partial charge in [0.2, 0.25) is 0 Å². The number of hydrogen-bond donors (Lipinski definition) is 1. The van der Waals surface area contributed by atoms with Crippen LogP contribution in [-0.2, 0) is 6.42 Å². The SMILES string of the molecule is Cc1cc(F)ccc1CCNc1ccc(Cl)cc1[N+](=O)[O-]. The van der Waals surface area contributed by atoms with Crippen molar-refractivity contribution in [3.05, 3.63) is 68.5 Å². The zero-order valence-corrected chi connectivity index (χ0v) is 12.2. The largest absolute Gasteiger partial charge is 0.379 e. The predicted octanol–water partition coefficient (Wildman–Crippen LogP) is 4.35. The molecule has 0 aliphatic heterocycles. The van der Waals surface area contributed by atoms with Crippen molar-refractivity contribution in [2.45, 2.75) is 13.3 Å². The number of benzene rings is 2. The Balaban J connectivity index is 2.05. The highest BCUT2D eigenvalue weighted by Gasteiger charge is 2.13. The lowest BCUT2D eigenvalue weighted by Gasteiger charge is -2.09. The Morgan fingerprint density at radius 3 is 2.71 bits per heavy atom. The van der Waals surface area contributed by atoms with E-state index in [4.69, 9.17) is 11.6 Å². The minimum Gasteiger partial charge on any atom is -0.379 e. The van der Waals surface area contributed by atoms with Crippen LogP contribution in [0.15, 0.2) is 36.4 Å². The Hall–Kier alpha value is -2.14. The fourth-order valence-corrected chi connectivity index (χ4v) is 2.24. The van der Waals surface area contributed by atoms with Crippen molar-refractivity contribution in [2.75, 3.05) is 11.9 Å². The van der Waals surface area contributed by atoms with E-state index in [2.05, 4.69) is 5.32 Å². The van der Waals surface area contributed by atoms with Crippen molar-refractivity contribution in [1.82, 2.24) is 0 Å². The van der Waals surface area contributed by atoms with Crippen LogP contribution in [0.3, 0.4) is 0 Å². The molecule has 0 saturated carbocycles. The number of nitro benzene ring substituents is 1. The van der Waals surface area contributed by atoms with E-state index < -0.39 is 4.92 Å². The van der Waals surface area contributed by atoms with Crippen LogP contribution in [0.2, 0.25) is 5.02 Å². The van der Waals surface area contributed by atoms with Gasteiger partial charge in [0.05, 0.1) is 4.92 Å². The average molecular weight is 309 g/mol. The van der Waals surface area contributed by atoms with Gasteiger partial charge in [-0.25, -0.2) is 4.39 Å². The van der Waals surface area contributed by atoms with Crippen LogP contribution < -0.4 is 5.32 Å². The summed E-state index contributed by atoms with van der Waals surface area (Å²) in [5, 5.41) is 14.3. The van der Waals surface area contributed by atoms with Crippen molar-refractivity contribution in [2.24, 2.45) is 0 Å². The molecule has 0 saturated heterocycles. The Morgan fingerprint density at radius 1 is 1.29 bits per heavy atom. The molecule has 0 amide bonds. The summed E-state index contributed by atoms with van der Waals surface area (Å²) in [5.41, 5.74) is 2.23. The number of nitrogens with one attached hydrogen (secondary N) is 1. The van der Waals surface area contributed by atoms with Gasteiger partial charge in [-0.2, -0.15) is 0 Å². The van der Waals surface area contributed by atoms with E-state index in [1.807, 2.05) is 6.92 Å². The monoisotopic (exact) mass is 308 g/mol. The van der Waals surface area contributed by atoms with Crippen molar-refractivity contribution in [3.63, 3.8) is 0 Å². The van der Waals surface area contributed by atoms with Crippen molar-refractivity contribution in [3.8, 4) is 0 Å². The maximum absolute atomic E-state index is 13.0. The molecule has 4 nitrogen and oxygen atoms in total. The standard InChI is InChI=1S/C15H14ClFN2O2/c1-10-8-13(17)4-2-11(10)6-7-18-14-5-3-12(16)9-15(14)19(20)21/h2-5,8-9,18H,6-7H2,1H3. The second-order valence-corrected chi connectivity index (χ2v) is 5.10. The van der Waals surface area contributed by atoms with Gasteiger partial charge in [0, 0.05) is 17.6 Å². The number of nitrogens with zero attached hydrogens (tertiary/aromatic N) is 1. The quantitative estimate of drug-likeness (QED) is 0.660. The van der Waals surface area contributed by atoms with Crippen LogP contribution in [0.5, 0.6) is 0 Å². The second-order valence-electron chi connectivity index (χ2n) is 4.67. The van der Waals surface area contributed by atoms with E-state index >= 15 is 0 Å². The first kappa shape index (κ1) is 15.3. The zero-order valence-electron chi connectivity index (χ0n) is 11.4. The fraction of sp³-hybridized carbons (Fsp3) is 0.200. The summed E-state index contributed by atoms with van der Waals surface area (Å²) in [4.78, 5) is 10.5. The summed E-state index contributed by atoms with van der Waals surface area (Å²) in [6.45, 7) is 2.35. The maximum Gasteiger partial charge on any atom is 0.293 e. The summed E-state index contributed by atoms with van der Waals surface area (Å²) in [5.74, 6) is -0.266. The zero-order chi connectivity index (χ0) is 15.4. The third kappa shape index (κ3) is 3.92. The molecule has 0 aliphatic rings. The average Bonchev–Trinajstić information content (AvgIpc) is 2.42. The highest BCUT2D eigenvalue weighted by molar-refractivity contribution is 6.30. The first-order chi connectivity index (χ1) is 9.97. The minimum atomic E-state index is -0.475. The smallest absolute Gasteiger partial charge is 0.293 e. The molecule has 0 radical (unpaired) electrons. The normalized spacial score (nSPS) is 10.4. The number of halogens is 2. The van der Waals surface area contributed by atoms with Crippen LogP contribution in [0.25, 0.3) is 0 Å². The van der Waals surface area contributed by atoms with E-state index in [-0.39, 0.29) is 11.5 Å². The summed E-state index contributed by atoms with van der Waals surface area (Å²) >= 11 is 5.76. The van der Waals surface area contributed by atoms with E-state index in [9.17, 15) is 14.5 Å². The molecule has 110 valence electrons. The van der Waals surface area contributed by atoms with Crippen LogP contribution in [0, 0.1) is 22.9 Å². The van der Waals surface area contributed by atoms with E-state index in [0.717, 1.165) is 11.1 Å². The Kier molecular flexibility index (Phi) is 4.75. The second kappa shape index (κ2) is 6.54. The number of aryl methyl sites for hydroxylation is 1. The molecule has 21 heavy (non-hydrogen) atoms. The van der Waals surface area contributed by atoms with Gasteiger partial charge in [-0.1, -0.05) is 17.7 Å². The van der Waals surface area contributed by atoms with Crippen molar-refractivity contribution in [1.29, 1.82) is 0 Å². The van der Waals surface area contributed by atoms with Crippen LogP contribution in [0.4, 0.5) is 15.8 Å². The Labute approximate surface area is 126 Å². The molecule has 0 bridgehead atoms. The number of anilines is 1. The lowest BCUT2D eigenvalue weighted by atomic mass is 10.1. The molecule has 0 fully saturated rings. The van der Waals surface area contributed by atoms with Gasteiger partial charge in [0.15, 0.2) is 0 Å². The highest BCUT2D eigenvalue weighted by Crippen LogP contribution is 2.27. The van der Waals surface area contributed by atoms with Crippen LogP contribution in [-0.4, -0.2) is 11.5 Å². The van der Waals surface area contributed by atoms with Crippen molar-refractivity contribution >= 4 is 23.0 Å². The molecule has 1 N–H and O–H groups in total. The number of rotatable bonds is 5. The summed E-state index contributed by atoms with van der Waals surface area (Å²) in [6.07, 6.45) is 0.645. The van der Waals surface area contributed by atoms with Gasteiger partial charge in [-0.05, 0) is 48.7 Å². The first-order valence-electron chi connectivity index (χ1n) is 6.40. The molecule has 0 spiro atoms. The molecule has 2 aromatic rings. The summed E-state index contributed by atoms with van der Waals surface area (Å²) in [6, 6.07) is 9.10. The van der Waals surface area contributed by atoms with Gasteiger partial charge in [-0.15, -0.1) is 0 Å².